The second-order valence-electron chi connectivity index (χ2n) is 4.42. The van der Waals surface area contributed by atoms with Gasteiger partial charge in [0.1, 0.15) is 5.15 Å². The highest BCUT2D eigenvalue weighted by molar-refractivity contribution is 6.29. The van der Waals surface area contributed by atoms with Crippen LogP contribution in [0.2, 0.25) is 5.15 Å². The van der Waals surface area contributed by atoms with Gasteiger partial charge < -0.3 is 5.32 Å². The van der Waals surface area contributed by atoms with Crippen LogP contribution in [-0.4, -0.2) is 28.5 Å². The highest BCUT2D eigenvalue weighted by atomic mass is 35.5. The fraction of sp³-hybridized carbons (Fsp3) is 0.583. The third-order valence-corrected chi connectivity index (χ3v) is 2.40. The average Bonchev–Trinajstić information content (AvgIpc) is 2.22. The van der Waals surface area contributed by atoms with Crippen LogP contribution in [0.1, 0.15) is 32.4 Å². The van der Waals surface area contributed by atoms with E-state index >= 15 is 0 Å². The van der Waals surface area contributed by atoms with E-state index in [1.807, 2.05) is 0 Å². The zero-order valence-corrected chi connectivity index (χ0v) is 11.7. The van der Waals surface area contributed by atoms with Crippen LogP contribution < -0.4 is 10.6 Å². The number of carbonyl (C=O) groups is 1. The number of aromatic nitrogens is 2. The molecule has 2 N–H and O–H groups in total. The zero-order valence-electron chi connectivity index (χ0n) is 11.0. The summed E-state index contributed by atoms with van der Waals surface area (Å²) in [6, 6.07) is 2.08. The van der Waals surface area contributed by atoms with Gasteiger partial charge >= 0.3 is 0 Å². The molecule has 100 valence electrons. The standard InChI is InChI=1S/C12H19ClN4O/c1-8(2)14-6-4-5-11(18)17-12-15-9(3)7-10(13)16-12/h7-8,14H,4-6H2,1-3H3,(H,15,16,17,18). The van der Waals surface area contributed by atoms with Gasteiger partial charge in [0.25, 0.3) is 0 Å². The highest BCUT2D eigenvalue weighted by Crippen LogP contribution is 2.09. The molecule has 0 saturated carbocycles. The number of nitrogens with one attached hydrogen (secondary N) is 2. The molecule has 0 aliphatic carbocycles. The quantitative estimate of drug-likeness (QED) is 0.614. The molecule has 0 aliphatic heterocycles. The summed E-state index contributed by atoms with van der Waals surface area (Å²) in [5, 5.41) is 6.22. The van der Waals surface area contributed by atoms with E-state index in [2.05, 4.69) is 34.4 Å². The molecule has 0 aliphatic rings. The van der Waals surface area contributed by atoms with E-state index in [0.29, 0.717) is 17.6 Å². The number of nitrogens with zero attached hydrogens (tertiary/aromatic N) is 2. The molecular formula is C12H19ClN4O. The Morgan fingerprint density at radius 1 is 1.44 bits per heavy atom. The maximum absolute atomic E-state index is 11.6. The van der Waals surface area contributed by atoms with Gasteiger partial charge in [-0.05, 0) is 26.0 Å². The summed E-state index contributed by atoms with van der Waals surface area (Å²) >= 11 is 5.78. The molecule has 0 saturated heterocycles. The topological polar surface area (TPSA) is 66.9 Å². The zero-order chi connectivity index (χ0) is 13.5. The maximum atomic E-state index is 11.6. The van der Waals surface area contributed by atoms with Crippen LogP contribution in [-0.2, 0) is 4.79 Å². The van der Waals surface area contributed by atoms with Gasteiger partial charge in [0, 0.05) is 18.2 Å². The second kappa shape index (κ2) is 7.28. The average molecular weight is 271 g/mol. The molecule has 1 aromatic rings. The number of amides is 1. The summed E-state index contributed by atoms with van der Waals surface area (Å²) in [6.45, 7) is 6.77. The van der Waals surface area contributed by atoms with Gasteiger partial charge in [-0.3, -0.25) is 10.1 Å². The number of hydrogen-bond acceptors (Lipinski definition) is 4. The predicted octanol–water partition coefficient (Wildman–Crippen LogP) is 2.16. The minimum absolute atomic E-state index is 0.0952. The fourth-order valence-corrected chi connectivity index (χ4v) is 1.65. The van der Waals surface area contributed by atoms with Gasteiger partial charge in [-0.25, -0.2) is 9.97 Å². The van der Waals surface area contributed by atoms with Crippen LogP contribution in [0.4, 0.5) is 5.95 Å². The van der Waals surface area contributed by atoms with E-state index < -0.39 is 0 Å². The van der Waals surface area contributed by atoms with Crippen molar-refractivity contribution in [2.45, 2.75) is 39.7 Å². The normalized spacial score (nSPS) is 10.7. The predicted molar refractivity (Wildman–Crippen MR) is 72.8 cm³/mol. The van der Waals surface area contributed by atoms with Crippen LogP contribution in [0.25, 0.3) is 0 Å². The Hall–Kier alpha value is -1.20. The molecule has 0 spiro atoms. The molecule has 1 heterocycles. The number of carbonyl (C=O) groups excluding carboxylic acids is 1. The largest absolute Gasteiger partial charge is 0.315 e. The van der Waals surface area contributed by atoms with Crippen molar-refractivity contribution < 1.29 is 4.79 Å². The lowest BCUT2D eigenvalue weighted by molar-refractivity contribution is -0.116. The third kappa shape index (κ3) is 5.93. The molecule has 0 atom stereocenters. The van der Waals surface area contributed by atoms with Crippen LogP contribution in [0.5, 0.6) is 0 Å². The van der Waals surface area contributed by atoms with Crippen molar-refractivity contribution >= 4 is 23.5 Å². The van der Waals surface area contributed by atoms with Crippen LogP contribution >= 0.6 is 11.6 Å². The molecule has 6 heteroatoms. The van der Waals surface area contributed by atoms with Crippen molar-refractivity contribution in [1.29, 1.82) is 0 Å². The van der Waals surface area contributed by atoms with Crippen molar-refractivity contribution in [2.75, 3.05) is 11.9 Å². The molecule has 1 rings (SSSR count). The minimum Gasteiger partial charge on any atom is -0.315 e. The van der Waals surface area contributed by atoms with Gasteiger partial charge in [-0.1, -0.05) is 25.4 Å². The molecule has 0 aromatic carbocycles. The molecule has 1 amide bonds. The highest BCUT2D eigenvalue weighted by Gasteiger charge is 2.06. The Balaban J connectivity index is 2.35. The van der Waals surface area contributed by atoms with Crippen molar-refractivity contribution in [3.05, 3.63) is 16.9 Å². The number of anilines is 1. The van der Waals surface area contributed by atoms with Gasteiger partial charge in [0.2, 0.25) is 11.9 Å². The maximum Gasteiger partial charge on any atom is 0.231 e. The Morgan fingerprint density at radius 2 is 2.17 bits per heavy atom. The second-order valence-corrected chi connectivity index (χ2v) is 4.80. The molecular weight excluding hydrogens is 252 g/mol. The SMILES string of the molecule is Cc1cc(Cl)nc(NC(=O)CCCNC(C)C)n1. The Morgan fingerprint density at radius 3 is 2.78 bits per heavy atom. The molecule has 0 unspecified atom stereocenters. The molecule has 1 aromatic heterocycles. The monoisotopic (exact) mass is 270 g/mol. The Labute approximate surface area is 112 Å². The minimum atomic E-state index is -0.0952. The lowest BCUT2D eigenvalue weighted by atomic mass is 10.3. The van der Waals surface area contributed by atoms with Crippen molar-refractivity contribution in [3.63, 3.8) is 0 Å². The molecule has 5 nitrogen and oxygen atoms in total. The lowest BCUT2D eigenvalue weighted by Gasteiger charge is -2.08. The van der Waals surface area contributed by atoms with Crippen LogP contribution in [0.15, 0.2) is 6.07 Å². The number of hydrogen-bond donors (Lipinski definition) is 2. The molecule has 0 fully saturated rings. The summed E-state index contributed by atoms with van der Waals surface area (Å²) in [6.07, 6.45) is 1.22. The first kappa shape index (κ1) is 14.9. The summed E-state index contributed by atoms with van der Waals surface area (Å²) in [4.78, 5) is 19.6. The Kier molecular flexibility index (Phi) is 6.01. The van der Waals surface area contributed by atoms with Crippen LogP contribution in [0, 0.1) is 6.92 Å². The van der Waals surface area contributed by atoms with Gasteiger partial charge in [0.05, 0.1) is 0 Å². The first-order chi connectivity index (χ1) is 8.47. The summed E-state index contributed by atoms with van der Waals surface area (Å²) in [7, 11) is 0. The van der Waals surface area contributed by atoms with Crippen molar-refractivity contribution in [1.82, 2.24) is 15.3 Å². The number of halogens is 1. The smallest absolute Gasteiger partial charge is 0.231 e. The van der Waals surface area contributed by atoms with Crippen LogP contribution in [0.3, 0.4) is 0 Å². The lowest BCUT2D eigenvalue weighted by Crippen LogP contribution is -2.25. The van der Waals surface area contributed by atoms with Gasteiger partial charge in [0.15, 0.2) is 0 Å². The molecule has 0 radical (unpaired) electrons. The van der Waals surface area contributed by atoms with E-state index in [0.717, 1.165) is 18.7 Å². The van der Waals surface area contributed by atoms with Crippen molar-refractivity contribution in [2.24, 2.45) is 0 Å². The van der Waals surface area contributed by atoms with Gasteiger partial charge in [-0.15, -0.1) is 0 Å². The van der Waals surface area contributed by atoms with E-state index in [9.17, 15) is 4.79 Å². The first-order valence-corrected chi connectivity index (χ1v) is 6.39. The summed E-state index contributed by atoms with van der Waals surface area (Å²) in [5.41, 5.74) is 0.728. The van der Waals surface area contributed by atoms with Gasteiger partial charge in [-0.2, -0.15) is 0 Å². The fourth-order valence-electron chi connectivity index (χ4n) is 1.41. The number of rotatable bonds is 6. The molecule has 0 bridgehead atoms. The van der Waals surface area contributed by atoms with E-state index in [1.165, 1.54) is 0 Å². The van der Waals surface area contributed by atoms with E-state index in [1.54, 1.807) is 13.0 Å². The molecule has 18 heavy (non-hydrogen) atoms. The third-order valence-electron chi connectivity index (χ3n) is 2.21. The first-order valence-electron chi connectivity index (χ1n) is 6.02. The van der Waals surface area contributed by atoms with E-state index in [4.69, 9.17) is 11.6 Å². The number of aryl methyl sites for hydroxylation is 1. The summed E-state index contributed by atoms with van der Waals surface area (Å²) < 4.78 is 0. The summed E-state index contributed by atoms with van der Waals surface area (Å²) in [5.74, 6) is 0.170. The van der Waals surface area contributed by atoms with Crippen molar-refractivity contribution in [3.8, 4) is 0 Å². The van der Waals surface area contributed by atoms with E-state index in [-0.39, 0.29) is 11.9 Å². The Bertz CT molecular complexity index is 389.